The monoisotopic (exact) mass is 324 g/mol. The summed E-state index contributed by atoms with van der Waals surface area (Å²) in [4.78, 5) is 13.1. The molecule has 112 valence electrons. The van der Waals surface area contributed by atoms with Gasteiger partial charge in [-0.3, -0.25) is 9.48 Å². The van der Waals surface area contributed by atoms with E-state index in [4.69, 9.17) is 18.0 Å². The van der Waals surface area contributed by atoms with Gasteiger partial charge in [0.15, 0.2) is 0 Å². The summed E-state index contributed by atoms with van der Waals surface area (Å²) in [6.45, 7) is 5.93. The van der Waals surface area contributed by atoms with Crippen molar-refractivity contribution in [3.05, 3.63) is 22.3 Å². The van der Waals surface area contributed by atoms with Gasteiger partial charge in [-0.2, -0.15) is 5.10 Å². The Morgan fingerprint density at radius 3 is 2.71 bits per heavy atom. The lowest BCUT2D eigenvalue weighted by molar-refractivity contribution is 0.102. The number of carbonyl (C=O) groups is 1. The van der Waals surface area contributed by atoms with E-state index in [2.05, 4.69) is 20.0 Å². The molecule has 2 rings (SSSR count). The van der Waals surface area contributed by atoms with Gasteiger partial charge in [-0.15, -0.1) is 5.10 Å². The van der Waals surface area contributed by atoms with E-state index in [1.54, 1.807) is 7.05 Å². The maximum absolute atomic E-state index is 12.5. The fourth-order valence-corrected chi connectivity index (χ4v) is 2.68. The fraction of sp³-hybridized carbons (Fsp3) is 0.417. The van der Waals surface area contributed by atoms with Crippen LogP contribution in [0.5, 0.6) is 0 Å². The van der Waals surface area contributed by atoms with E-state index in [1.165, 1.54) is 10.9 Å². The number of aryl methyl sites for hydroxylation is 1. The number of nitrogens with two attached hydrogens (primary N) is 1. The zero-order chi connectivity index (χ0) is 15.8. The van der Waals surface area contributed by atoms with Gasteiger partial charge in [0.2, 0.25) is 0 Å². The molecule has 2 heterocycles. The molecule has 0 aliphatic carbocycles. The van der Waals surface area contributed by atoms with Gasteiger partial charge in [-0.25, -0.2) is 0 Å². The van der Waals surface area contributed by atoms with Crippen LogP contribution in [0.1, 0.15) is 41.7 Å². The van der Waals surface area contributed by atoms with Crippen LogP contribution in [0.25, 0.3) is 0 Å². The van der Waals surface area contributed by atoms with Crippen LogP contribution in [0.15, 0.2) is 6.20 Å². The number of amides is 1. The van der Waals surface area contributed by atoms with Gasteiger partial charge in [-0.05, 0) is 11.5 Å². The molecule has 0 aromatic carbocycles. The zero-order valence-electron chi connectivity index (χ0n) is 12.2. The highest BCUT2D eigenvalue weighted by molar-refractivity contribution is 7.80. The van der Waals surface area contributed by atoms with Crippen molar-refractivity contribution >= 4 is 40.5 Å². The normalized spacial score (nSPS) is 11.4. The number of hydrogen-bond donors (Lipinski definition) is 2. The molecule has 0 atom stereocenters. The second kappa shape index (κ2) is 5.49. The van der Waals surface area contributed by atoms with E-state index in [0.717, 1.165) is 11.5 Å². The van der Waals surface area contributed by atoms with Crippen molar-refractivity contribution < 1.29 is 4.79 Å². The van der Waals surface area contributed by atoms with Gasteiger partial charge in [0.05, 0.1) is 17.5 Å². The van der Waals surface area contributed by atoms with Crippen molar-refractivity contribution in [2.45, 2.75) is 26.2 Å². The quantitative estimate of drug-likeness (QED) is 0.829. The molecule has 0 aliphatic rings. The second-order valence-electron chi connectivity index (χ2n) is 5.55. The maximum atomic E-state index is 12.5. The summed E-state index contributed by atoms with van der Waals surface area (Å²) in [5.41, 5.74) is 6.54. The van der Waals surface area contributed by atoms with Crippen molar-refractivity contribution in [2.75, 3.05) is 5.32 Å². The van der Waals surface area contributed by atoms with Crippen LogP contribution in [0.3, 0.4) is 0 Å². The molecular weight excluding hydrogens is 308 g/mol. The van der Waals surface area contributed by atoms with Crippen LogP contribution >= 0.6 is 23.8 Å². The first-order chi connectivity index (χ1) is 9.71. The lowest BCUT2D eigenvalue weighted by Gasteiger charge is -2.16. The highest BCUT2D eigenvalue weighted by Gasteiger charge is 2.27. The molecule has 21 heavy (non-hydrogen) atoms. The predicted octanol–water partition coefficient (Wildman–Crippen LogP) is 1.46. The Morgan fingerprint density at radius 2 is 2.14 bits per heavy atom. The molecular formula is C12H16N6OS2. The second-order valence-corrected chi connectivity index (χ2v) is 6.74. The van der Waals surface area contributed by atoms with Crippen LogP contribution in [0.2, 0.25) is 0 Å². The number of hydrogen-bond acceptors (Lipinski definition) is 6. The molecule has 0 bridgehead atoms. The van der Waals surface area contributed by atoms with Gasteiger partial charge >= 0.3 is 0 Å². The number of thiocarbonyl (C=S) groups is 1. The molecule has 2 aromatic heterocycles. The Balaban J connectivity index is 2.34. The molecule has 9 heteroatoms. The minimum absolute atomic E-state index is 0.178. The van der Waals surface area contributed by atoms with Crippen LogP contribution < -0.4 is 11.1 Å². The minimum atomic E-state index is -0.295. The van der Waals surface area contributed by atoms with E-state index in [0.29, 0.717) is 22.0 Å². The average molecular weight is 324 g/mol. The van der Waals surface area contributed by atoms with Crippen molar-refractivity contribution in [1.82, 2.24) is 19.4 Å². The van der Waals surface area contributed by atoms with Gasteiger partial charge in [0, 0.05) is 12.5 Å². The van der Waals surface area contributed by atoms with E-state index in [1.807, 2.05) is 20.8 Å². The van der Waals surface area contributed by atoms with E-state index < -0.39 is 0 Å². The third kappa shape index (κ3) is 3.08. The van der Waals surface area contributed by atoms with Crippen molar-refractivity contribution in [2.24, 2.45) is 12.8 Å². The van der Waals surface area contributed by atoms with Gasteiger partial charge < -0.3 is 11.1 Å². The van der Waals surface area contributed by atoms with Gasteiger partial charge in [0.25, 0.3) is 5.91 Å². The van der Waals surface area contributed by atoms with Crippen molar-refractivity contribution in [3.63, 3.8) is 0 Å². The average Bonchev–Trinajstić information content (AvgIpc) is 2.96. The molecule has 0 fully saturated rings. The summed E-state index contributed by atoms with van der Waals surface area (Å²) in [5, 5.41) is 10.9. The SMILES string of the molecule is Cn1ncc(C(N)=S)c1NC(=O)c1snnc1C(C)(C)C. The Kier molecular flexibility index (Phi) is 4.06. The molecule has 0 spiro atoms. The van der Waals surface area contributed by atoms with Crippen molar-refractivity contribution in [1.29, 1.82) is 0 Å². The largest absolute Gasteiger partial charge is 0.389 e. The minimum Gasteiger partial charge on any atom is -0.389 e. The summed E-state index contributed by atoms with van der Waals surface area (Å²) < 4.78 is 5.39. The van der Waals surface area contributed by atoms with Crippen LogP contribution in [-0.2, 0) is 12.5 Å². The molecule has 7 nitrogen and oxygen atoms in total. The number of nitrogens with zero attached hydrogens (tertiary/aromatic N) is 4. The fourth-order valence-electron chi connectivity index (χ4n) is 1.76. The highest BCUT2D eigenvalue weighted by Crippen LogP contribution is 2.26. The maximum Gasteiger partial charge on any atom is 0.270 e. The Bertz CT molecular complexity index is 697. The Labute approximate surface area is 131 Å². The molecule has 3 N–H and O–H groups in total. The van der Waals surface area contributed by atoms with Crippen molar-refractivity contribution in [3.8, 4) is 0 Å². The predicted molar refractivity (Wildman–Crippen MR) is 85.7 cm³/mol. The summed E-state index contributed by atoms with van der Waals surface area (Å²) in [5.74, 6) is 0.164. The third-order valence-electron chi connectivity index (χ3n) is 2.84. The summed E-state index contributed by atoms with van der Waals surface area (Å²) in [6, 6.07) is 0. The number of nitrogens with one attached hydrogen (secondary N) is 1. The van der Waals surface area contributed by atoms with Crippen LogP contribution in [-0.4, -0.2) is 30.3 Å². The van der Waals surface area contributed by atoms with Crippen LogP contribution in [0, 0.1) is 0 Å². The summed E-state index contributed by atoms with van der Waals surface area (Å²) in [7, 11) is 1.70. The number of aromatic nitrogens is 4. The standard InChI is InChI=1S/C12H16N6OS2/c1-12(2,3)8-7(21-17-16-8)11(19)15-10-6(9(13)20)5-14-18(10)4/h5H,1-4H3,(H2,13,20)(H,15,19). The molecule has 0 saturated heterocycles. The summed E-state index contributed by atoms with van der Waals surface area (Å²) >= 11 is 6.01. The number of anilines is 1. The molecule has 1 amide bonds. The topological polar surface area (TPSA) is 98.7 Å². The molecule has 2 aromatic rings. The smallest absolute Gasteiger partial charge is 0.270 e. The first-order valence-corrected chi connectivity index (χ1v) is 7.36. The van der Waals surface area contributed by atoms with E-state index in [-0.39, 0.29) is 16.3 Å². The van der Waals surface area contributed by atoms with E-state index in [9.17, 15) is 4.79 Å². The molecule has 0 aliphatic heterocycles. The first-order valence-electron chi connectivity index (χ1n) is 6.17. The van der Waals surface area contributed by atoms with E-state index >= 15 is 0 Å². The number of carbonyl (C=O) groups excluding carboxylic acids is 1. The van der Waals surface area contributed by atoms with Gasteiger partial charge in [0.1, 0.15) is 15.7 Å². The van der Waals surface area contributed by atoms with Gasteiger partial charge in [-0.1, -0.05) is 37.5 Å². The third-order valence-corrected chi connectivity index (χ3v) is 3.79. The molecule has 0 saturated carbocycles. The molecule has 0 unspecified atom stereocenters. The Morgan fingerprint density at radius 1 is 1.48 bits per heavy atom. The number of rotatable bonds is 3. The molecule has 0 radical (unpaired) electrons. The zero-order valence-corrected chi connectivity index (χ0v) is 13.8. The Hall–Kier alpha value is -1.87. The highest BCUT2D eigenvalue weighted by atomic mass is 32.1. The van der Waals surface area contributed by atoms with Crippen LogP contribution in [0.4, 0.5) is 5.82 Å². The summed E-state index contributed by atoms with van der Waals surface area (Å²) in [6.07, 6.45) is 1.52. The first kappa shape index (κ1) is 15.5. The lowest BCUT2D eigenvalue weighted by atomic mass is 9.91. The lowest BCUT2D eigenvalue weighted by Crippen LogP contribution is -2.22.